The Kier molecular flexibility index (Phi) is 6.91. The Bertz CT molecular complexity index is 854. The van der Waals surface area contributed by atoms with Crippen molar-refractivity contribution in [2.75, 3.05) is 5.32 Å². The van der Waals surface area contributed by atoms with E-state index >= 15 is 0 Å². The van der Waals surface area contributed by atoms with Crippen molar-refractivity contribution in [3.05, 3.63) is 59.2 Å². The number of esters is 1. The van der Waals surface area contributed by atoms with Gasteiger partial charge < -0.3 is 14.8 Å². The Balaban J connectivity index is 1.54. The van der Waals surface area contributed by atoms with Gasteiger partial charge in [-0.15, -0.1) is 0 Å². The van der Waals surface area contributed by atoms with Crippen LogP contribution in [-0.2, 0) is 9.53 Å². The first kappa shape index (κ1) is 20.9. The third-order valence-electron chi connectivity index (χ3n) is 5.23. The lowest BCUT2D eigenvalue weighted by molar-refractivity contribution is -0.158. The number of rotatable bonds is 6. The smallest absolute Gasteiger partial charge is 0.347 e. The summed E-state index contributed by atoms with van der Waals surface area (Å²) in [6.07, 6.45) is 4.62. The van der Waals surface area contributed by atoms with Crippen LogP contribution in [0.15, 0.2) is 42.5 Å². The van der Waals surface area contributed by atoms with Gasteiger partial charge >= 0.3 is 5.97 Å². The van der Waals surface area contributed by atoms with Crippen molar-refractivity contribution >= 4 is 17.6 Å². The molecule has 1 N–H and O–H groups in total. The molecule has 2 aromatic rings. The molecule has 1 fully saturated rings. The summed E-state index contributed by atoms with van der Waals surface area (Å²) in [6.45, 7) is 5.67. The summed E-state index contributed by atoms with van der Waals surface area (Å²) in [5, 5.41) is 2.92. The van der Waals surface area contributed by atoms with Crippen LogP contribution in [0.2, 0.25) is 0 Å². The fraction of sp³-hybridized carbons (Fsp3) is 0.417. The number of carbonyl (C=O) groups excluding carboxylic acids is 2. The Morgan fingerprint density at radius 2 is 1.69 bits per heavy atom. The summed E-state index contributed by atoms with van der Waals surface area (Å²) in [5.74, 6) is 0.00276. The molecule has 5 heteroatoms. The van der Waals surface area contributed by atoms with Crippen LogP contribution in [0, 0.1) is 13.8 Å². The van der Waals surface area contributed by atoms with Crippen LogP contribution in [0.1, 0.15) is 60.5 Å². The molecule has 1 atom stereocenters. The Labute approximate surface area is 172 Å². The number of amides is 1. The van der Waals surface area contributed by atoms with Gasteiger partial charge in [-0.3, -0.25) is 4.79 Å². The molecule has 1 aliphatic rings. The monoisotopic (exact) mass is 395 g/mol. The number of carbonyl (C=O) groups is 2. The van der Waals surface area contributed by atoms with Crippen LogP contribution in [0.25, 0.3) is 0 Å². The lowest BCUT2D eigenvalue weighted by Crippen LogP contribution is -2.31. The molecule has 29 heavy (non-hydrogen) atoms. The lowest BCUT2D eigenvalue weighted by Gasteiger charge is -2.23. The molecule has 0 bridgehead atoms. The topological polar surface area (TPSA) is 64.6 Å². The van der Waals surface area contributed by atoms with Gasteiger partial charge in [0, 0.05) is 11.3 Å². The summed E-state index contributed by atoms with van der Waals surface area (Å²) in [7, 11) is 0. The number of anilines is 1. The van der Waals surface area contributed by atoms with E-state index in [1.807, 2.05) is 32.0 Å². The van der Waals surface area contributed by atoms with Crippen LogP contribution >= 0.6 is 0 Å². The minimum Gasteiger partial charge on any atom is -0.479 e. The highest BCUT2D eigenvalue weighted by molar-refractivity contribution is 6.04. The highest BCUT2D eigenvalue weighted by Crippen LogP contribution is 2.22. The molecule has 0 unspecified atom stereocenters. The minimum absolute atomic E-state index is 0.0126. The van der Waals surface area contributed by atoms with Crippen LogP contribution in [-0.4, -0.2) is 24.1 Å². The summed E-state index contributed by atoms with van der Waals surface area (Å²) in [5.41, 5.74) is 3.48. The van der Waals surface area contributed by atoms with Gasteiger partial charge in [-0.2, -0.15) is 0 Å². The molecule has 0 radical (unpaired) electrons. The van der Waals surface area contributed by atoms with E-state index in [4.69, 9.17) is 9.47 Å². The third kappa shape index (κ3) is 5.83. The molecule has 154 valence electrons. The van der Waals surface area contributed by atoms with Crippen molar-refractivity contribution in [3.8, 4) is 5.75 Å². The van der Waals surface area contributed by atoms with E-state index in [-0.39, 0.29) is 18.0 Å². The van der Waals surface area contributed by atoms with Gasteiger partial charge in [0.1, 0.15) is 11.9 Å². The van der Waals surface area contributed by atoms with Gasteiger partial charge in [-0.1, -0.05) is 24.1 Å². The van der Waals surface area contributed by atoms with Gasteiger partial charge in [-0.25, -0.2) is 4.79 Å². The van der Waals surface area contributed by atoms with Gasteiger partial charge in [0.25, 0.3) is 5.91 Å². The summed E-state index contributed by atoms with van der Waals surface area (Å²) in [4.78, 5) is 24.7. The average Bonchev–Trinajstić information content (AvgIpc) is 2.71. The molecule has 1 aliphatic carbocycles. The zero-order chi connectivity index (χ0) is 20.8. The molecule has 2 aromatic carbocycles. The predicted molar refractivity (Wildman–Crippen MR) is 113 cm³/mol. The number of hydrogen-bond acceptors (Lipinski definition) is 4. The van der Waals surface area contributed by atoms with Crippen molar-refractivity contribution < 1.29 is 19.1 Å². The summed E-state index contributed by atoms with van der Waals surface area (Å²) in [6, 6.07) is 12.7. The fourth-order valence-corrected chi connectivity index (χ4v) is 3.53. The molecule has 0 aromatic heterocycles. The molecular weight excluding hydrogens is 366 g/mol. The number of hydrogen-bond donors (Lipinski definition) is 1. The van der Waals surface area contributed by atoms with Crippen LogP contribution < -0.4 is 10.1 Å². The zero-order valence-corrected chi connectivity index (χ0v) is 17.4. The maximum absolute atomic E-state index is 12.5. The second kappa shape index (κ2) is 9.59. The number of aryl methyl sites for hydroxylation is 2. The van der Waals surface area contributed by atoms with Crippen molar-refractivity contribution in [3.63, 3.8) is 0 Å². The molecule has 0 aliphatic heterocycles. The highest BCUT2D eigenvalue weighted by atomic mass is 16.6. The summed E-state index contributed by atoms with van der Waals surface area (Å²) < 4.78 is 11.2. The summed E-state index contributed by atoms with van der Waals surface area (Å²) >= 11 is 0. The number of benzene rings is 2. The Hall–Kier alpha value is -2.82. The van der Waals surface area contributed by atoms with Crippen molar-refractivity contribution in [2.24, 2.45) is 0 Å². The van der Waals surface area contributed by atoms with E-state index in [2.05, 4.69) is 5.32 Å². The molecule has 1 amide bonds. The third-order valence-corrected chi connectivity index (χ3v) is 5.23. The molecule has 0 spiro atoms. The number of ether oxygens (including phenoxy) is 2. The van der Waals surface area contributed by atoms with E-state index < -0.39 is 6.10 Å². The lowest BCUT2D eigenvalue weighted by atomic mass is 9.98. The Morgan fingerprint density at radius 1 is 1.00 bits per heavy atom. The first-order valence-corrected chi connectivity index (χ1v) is 10.3. The molecule has 0 heterocycles. The van der Waals surface area contributed by atoms with E-state index in [0.717, 1.165) is 42.5 Å². The quantitative estimate of drug-likeness (QED) is 0.683. The van der Waals surface area contributed by atoms with Crippen molar-refractivity contribution in [1.29, 1.82) is 0 Å². The largest absolute Gasteiger partial charge is 0.479 e. The average molecular weight is 395 g/mol. The second-order valence-electron chi connectivity index (χ2n) is 7.75. The maximum Gasteiger partial charge on any atom is 0.347 e. The fourth-order valence-electron chi connectivity index (χ4n) is 3.53. The van der Waals surface area contributed by atoms with Gasteiger partial charge in [0.05, 0.1) is 0 Å². The van der Waals surface area contributed by atoms with E-state index in [9.17, 15) is 9.59 Å². The molecule has 3 rings (SSSR count). The van der Waals surface area contributed by atoms with Crippen molar-refractivity contribution in [1.82, 2.24) is 0 Å². The SMILES string of the molecule is Cc1ccc(NC(=O)c2ccc(O[C@@H](C)C(=O)OC3CCCCC3)cc2)c(C)c1. The highest BCUT2D eigenvalue weighted by Gasteiger charge is 2.23. The first-order valence-electron chi connectivity index (χ1n) is 10.3. The van der Waals surface area contributed by atoms with E-state index in [1.165, 1.54) is 6.42 Å². The second-order valence-corrected chi connectivity index (χ2v) is 7.75. The Morgan fingerprint density at radius 3 is 2.34 bits per heavy atom. The van der Waals surface area contributed by atoms with Crippen molar-refractivity contribution in [2.45, 2.75) is 65.1 Å². The van der Waals surface area contributed by atoms with E-state index in [1.54, 1.807) is 31.2 Å². The normalized spacial score (nSPS) is 15.4. The van der Waals surface area contributed by atoms with Crippen LogP contribution in [0.5, 0.6) is 5.75 Å². The van der Waals surface area contributed by atoms with E-state index in [0.29, 0.717) is 11.3 Å². The maximum atomic E-state index is 12.5. The van der Waals surface area contributed by atoms with Gasteiger partial charge in [-0.05, 0) is 82.3 Å². The van der Waals surface area contributed by atoms with Gasteiger partial charge in [0.2, 0.25) is 0 Å². The van der Waals surface area contributed by atoms with Crippen LogP contribution in [0.3, 0.4) is 0 Å². The van der Waals surface area contributed by atoms with Crippen LogP contribution in [0.4, 0.5) is 5.69 Å². The zero-order valence-electron chi connectivity index (χ0n) is 17.4. The first-order chi connectivity index (χ1) is 13.9. The standard InChI is InChI=1S/C24H29NO4/c1-16-9-14-22(17(2)15-16)25-23(26)19-10-12-21(13-11-19)28-18(3)24(27)29-20-7-5-4-6-8-20/h9-15,18,20H,4-8H2,1-3H3,(H,25,26)/t18-/m0/s1. The molecule has 5 nitrogen and oxygen atoms in total. The predicted octanol–water partition coefficient (Wildman–Crippen LogP) is 5.20. The molecular formula is C24H29NO4. The molecule has 1 saturated carbocycles. The minimum atomic E-state index is -0.688. The molecule has 0 saturated heterocycles. The van der Waals surface area contributed by atoms with Gasteiger partial charge in [0.15, 0.2) is 6.10 Å². The number of nitrogens with one attached hydrogen (secondary N) is 1.